The average Bonchev–Trinajstić information content (AvgIpc) is 2.16. The van der Waals surface area contributed by atoms with Crippen LogP contribution in [0.4, 0.5) is 5.69 Å². The molecule has 1 aromatic heterocycles. The van der Waals surface area contributed by atoms with Crippen LogP contribution in [0.15, 0.2) is 23.4 Å². The molecule has 1 atom stereocenters. The molecule has 0 radical (unpaired) electrons. The topological polar surface area (TPSA) is 38.9 Å². The Morgan fingerprint density at radius 1 is 1.62 bits per heavy atom. The molecule has 0 aromatic carbocycles. The Balaban J connectivity index is 2.50. The summed E-state index contributed by atoms with van der Waals surface area (Å²) in [5.74, 6) is 1.82. The summed E-state index contributed by atoms with van der Waals surface area (Å²) in [5.41, 5.74) is 6.55. The smallest absolute Gasteiger partial charge is 0.119 e. The molecule has 0 bridgehead atoms. The first-order valence-electron chi connectivity index (χ1n) is 4.57. The standard InChI is InChI=1S/C10H16N2S/c1-3-8(2)7-13-10-9(11)5-4-6-12-10/h4-6,8H,3,7,11H2,1-2H3. The number of pyridine rings is 1. The molecule has 1 heterocycles. The maximum atomic E-state index is 5.76. The van der Waals surface area contributed by atoms with Crippen molar-refractivity contribution in [3.05, 3.63) is 18.3 Å². The Morgan fingerprint density at radius 3 is 3.00 bits per heavy atom. The molecule has 0 spiro atoms. The highest BCUT2D eigenvalue weighted by Gasteiger charge is 2.03. The predicted octanol–water partition coefficient (Wildman–Crippen LogP) is 2.80. The van der Waals surface area contributed by atoms with E-state index in [1.165, 1.54) is 6.42 Å². The number of nitrogen functional groups attached to an aromatic ring is 1. The predicted molar refractivity (Wildman–Crippen MR) is 58.8 cm³/mol. The number of thioether (sulfide) groups is 1. The highest BCUT2D eigenvalue weighted by Crippen LogP contribution is 2.24. The van der Waals surface area contributed by atoms with Crippen LogP contribution in [0.25, 0.3) is 0 Å². The molecule has 13 heavy (non-hydrogen) atoms. The van der Waals surface area contributed by atoms with Crippen molar-refractivity contribution >= 4 is 17.4 Å². The van der Waals surface area contributed by atoms with E-state index < -0.39 is 0 Å². The fraction of sp³-hybridized carbons (Fsp3) is 0.500. The summed E-state index contributed by atoms with van der Waals surface area (Å²) in [6.07, 6.45) is 3.00. The maximum absolute atomic E-state index is 5.76. The second-order valence-corrected chi connectivity index (χ2v) is 4.23. The van der Waals surface area contributed by atoms with Crippen LogP contribution in [-0.2, 0) is 0 Å². The van der Waals surface area contributed by atoms with Gasteiger partial charge in [0.2, 0.25) is 0 Å². The third-order valence-corrected chi connectivity index (χ3v) is 3.35. The van der Waals surface area contributed by atoms with Gasteiger partial charge in [0.15, 0.2) is 0 Å². The summed E-state index contributed by atoms with van der Waals surface area (Å²) in [7, 11) is 0. The van der Waals surface area contributed by atoms with Gasteiger partial charge < -0.3 is 5.73 Å². The molecule has 0 saturated carbocycles. The van der Waals surface area contributed by atoms with Crippen molar-refractivity contribution in [1.29, 1.82) is 0 Å². The number of anilines is 1. The molecule has 0 aliphatic heterocycles. The van der Waals surface area contributed by atoms with Gasteiger partial charge in [-0.25, -0.2) is 4.98 Å². The normalized spacial score (nSPS) is 12.8. The molecule has 0 fully saturated rings. The molecule has 2 N–H and O–H groups in total. The van der Waals surface area contributed by atoms with Gasteiger partial charge >= 0.3 is 0 Å². The molecule has 0 aliphatic rings. The molecule has 72 valence electrons. The Morgan fingerprint density at radius 2 is 2.38 bits per heavy atom. The lowest BCUT2D eigenvalue weighted by molar-refractivity contribution is 0.636. The molecule has 2 nitrogen and oxygen atoms in total. The highest BCUT2D eigenvalue weighted by atomic mass is 32.2. The van der Waals surface area contributed by atoms with Crippen LogP contribution >= 0.6 is 11.8 Å². The summed E-state index contributed by atoms with van der Waals surface area (Å²) >= 11 is 1.74. The Bertz CT molecular complexity index is 263. The first-order chi connectivity index (χ1) is 6.24. The molecule has 1 aromatic rings. The van der Waals surface area contributed by atoms with E-state index >= 15 is 0 Å². The maximum Gasteiger partial charge on any atom is 0.119 e. The summed E-state index contributed by atoms with van der Waals surface area (Å²) in [4.78, 5) is 4.22. The first kappa shape index (κ1) is 10.4. The van der Waals surface area contributed by atoms with Crippen LogP contribution in [0, 0.1) is 5.92 Å². The number of hydrogen-bond donors (Lipinski definition) is 1. The molecule has 1 unspecified atom stereocenters. The van der Waals surface area contributed by atoms with Crippen LogP contribution in [0.5, 0.6) is 0 Å². The zero-order valence-corrected chi connectivity index (χ0v) is 8.97. The van der Waals surface area contributed by atoms with E-state index in [-0.39, 0.29) is 0 Å². The van der Waals surface area contributed by atoms with Crippen LogP contribution in [-0.4, -0.2) is 10.7 Å². The molecule has 0 saturated heterocycles. The number of rotatable bonds is 4. The van der Waals surface area contributed by atoms with Crippen molar-refractivity contribution in [3.8, 4) is 0 Å². The first-order valence-corrected chi connectivity index (χ1v) is 5.56. The molecule has 0 amide bonds. The number of aromatic nitrogens is 1. The summed E-state index contributed by atoms with van der Waals surface area (Å²) < 4.78 is 0. The number of hydrogen-bond acceptors (Lipinski definition) is 3. The summed E-state index contributed by atoms with van der Waals surface area (Å²) in [6.45, 7) is 4.44. The van der Waals surface area contributed by atoms with Crippen LogP contribution in [0.3, 0.4) is 0 Å². The van der Waals surface area contributed by atoms with Crippen molar-refractivity contribution in [1.82, 2.24) is 4.98 Å². The highest BCUT2D eigenvalue weighted by molar-refractivity contribution is 7.99. The Kier molecular flexibility index (Phi) is 4.09. The van der Waals surface area contributed by atoms with Gasteiger partial charge in [-0.15, -0.1) is 11.8 Å². The number of nitrogens with two attached hydrogens (primary N) is 1. The van der Waals surface area contributed by atoms with E-state index in [4.69, 9.17) is 5.73 Å². The van der Waals surface area contributed by atoms with Gasteiger partial charge in [-0.2, -0.15) is 0 Å². The molecular weight excluding hydrogens is 180 g/mol. The minimum absolute atomic E-state index is 0.728. The fourth-order valence-corrected chi connectivity index (χ4v) is 1.91. The van der Waals surface area contributed by atoms with E-state index in [2.05, 4.69) is 18.8 Å². The lowest BCUT2D eigenvalue weighted by Gasteiger charge is -2.07. The third kappa shape index (κ3) is 3.27. The van der Waals surface area contributed by atoms with E-state index in [0.29, 0.717) is 0 Å². The van der Waals surface area contributed by atoms with E-state index in [9.17, 15) is 0 Å². The zero-order chi connectivity index (χ0) is 9.68. The monoisotopic (exact) mass is 196 g/mol. The lowest BCUT2D eigenvalue weighted by Crippen LogP contribution is -1.97. The van der Waals surface area contributed by atoms with Crippen LogP contribution < -0.4 is 5.73 Å². The Hall–Kier alpha value is -0.700. The molecule has 1 rings (SSSR count). The SMILES string of the molecule is CCC(C)CSc1ncccc1N. The van der Waals surface area contributed by atoms with Gasteiger partial charge in [-0.05, 0) is 18.1 Å². The minimum atomic E-state index is 0.728. The summed E-state index contributed by atoms with van der Waals surface area (Å²) in [5, 5.41) is 0.961. The Labute approximate surface area is 83.9 Å². The molecule has 3 heteroatoms. The molecular formula is C10H16N2S. The van der Waals surface area contributed by atoms with Crippen LogP contribution in [0.1, 0.15) is 20.3 Å². The minimum Gasteiger partial charge on any atom is -0.397 e. The third-order valence-electron chi connectivity index (χ3n) is 2.00. The van der Waals surface area contributed by atoms with Gasteiger partial charge in [-0.3, -0.25) is 0 Å². The van der Waals surface area contributed by atoms with Gasteiger partial charge in [0.05, 0.1) is 5.69 Å². The lowest BCUT2D eigenvalue weighted by atomic mass is 10.2. The quantitative estimate of drug-likeness (QED) is 0.753. The van der Waals surface area contributed by atoms with Crippen molar-refractivity contribution in [2.75, 3.05) is 11.5 Å². The molecule has 0 aliphatic carbocycles. The van der Waals surface area contributed by atoms with E-state index in [1.54, 1.807) is 18.0 Å². The van der Waals surface area contributed by atoms with Crippen molar-refractivity contribution in [2.24, 2.45) is 5.92 Å². The fourth-order valence-electron chi connectivity index (χ4n) is 0.863. The second kappa shape index (κ2) is 5.12. The largest absolute Gasteiger partial charge is 0.397 e. The van der Waals surface area contributed by atoms with Gasteiger partial charge in [0.25, 0.3) is 0 Å². The van der Waals surface area contributed by atoms with E-state index in [0.717, 1.165) is 22.4 Å². The number of nitrogens with zero attached hydrogens (tertiary/aromatic N) is 1. The van der Waals surface area contributed by atoms with Crippen molar-refractivity contribution < 1.29 is 0 Å². The van der Waals surface area contributed by atoms with Crippen molar-refractivity contribution in [3.63, 3.8) is 0 Å². The average molecular weight is 196 g/mol. The van der Waals surface area contributed by atoms with Crippen molar-refractivity contribution in [2.45, 2.75) is 25.3 Å². The second-order valence-electron chi connectivity index (χ2n) is 3.22. The van der Waals surface area contributed by atoms with E-state index in [1.807, 2.05) is 12.1 Å². The zero-order valence-electron chi connectivity index (χ0n) is 8.16. The van der Waals surface area contributed by atoms with Gasteiger partial charge in [0.1, 0.15) is 5.03 Å². The summed E-state index contributed by atoms with van der Waals surface area (Å²) in [6, 6.07) is 3.76. The van der Waals surface area contributed by atoms with Crippen LogP contribution in [0.2, 0.25) is 0 Å². The van der Waals surface area contributed by atoms with Gasteiger partial charge in [-0.1, -0.05) is 20.3 Å². The van der Waals surface area contributed by atoms with Gasteiger partial charge in [0, 0.05) is 11.9 Å².